The average molecular weight is 335 g/mol. The highest BCUT2D eigenvalue weighted by atomic mass is 16.2. The Labute approximate surface area is 149 Å². The van der Waals surface area contributed by atoms with Crippen LogP contribution in [0.15, 0.2) is 48.5 Å². The van der Waals surface area contributed by atoms with E-state index in [1.165, 1.54) is 0 Å². The first kappa shape index (κ1) is 17.4. The van der Waals surface area contributed by atoms with Crippen LogP contribution in [-0.2, 0) is 0 Å². The minimum atomic E-state index is 0.0764. The predicted molar refractivity (Wildman–Crippen MR) is 99.9 cm³/mol. The second-order valence-electron chi connectivity index (χ2n) is 7.12. The average Bonchev–Trinajstić information content (AvgIpc) is 2.62. The van der Waals surface area contributed by atoms with Crippen molar-refractivity contribution in [3.63, 3.8) is 0 Å². The van der Waals surface area contributed by atoms with Gasteiger partial charge >= 0.3 is 0 Å². The number of hydrogen-bond donors (Lipinski definition) is 0. The molecule has 0 saturated carbocycles. The molecule has 0 aliphatic carbocycles. The summed E-state index contributed by atoms with van der Waals surface area (Å²) in [6.07, 6.45) is 2.49. The fraction of sp³-hybridized carbons (Fsp3) is 0.364. The van der Waals surface area contributed by atoms with Gasteiger partial charge in [0.1, 0.15) is 0 Å². The number of piperidine rings is 1. The van der Waals surface area contributed by atoms with E-state index in [1.54, 1.807) is 0 Å². The first-order chi connectivity index (χ1) is 12.0. The minimum absolute atomic E-state index is 0.0764. The molecule has 0 spiro atoms. The standard InChI is InChI=1S/C22H25NO2/c1-16-5-9-19(10-6-16)21(24)14-18-4-3-13-23(15-18)22(25)20-11-7-17(2)8-12-20/h5-12,18H,3-4,13-15H2,1-2H3/t18-/m0/s1. The lowest BCUT2D eigenvalue weighted by Gasteiger charge is -2.32. The Kier molecular flexibility index (Phi) is 5.32. The topological polar surface area (TPSA) is 37.4 Å². The molecule has 130 valence electrons. The summed E-state index contributed by atoms with van der Waals surface area (Å²) in [6, 6.07) is 15.5. The van der Waals surface area contributed by atoms with E-state index in [0.29, 0.717) is 13.0 Å². The van der Waals surface area contributed by atoms with Crippen LogP contribution in [0.25, 0.3) is 0 Å². The summed E-state index contributed by atoms with van der Waals surface area (Å²) in [4.78, 5) is 27.1. The molecular formula is C22H25NO2. The molecule has 3 rings (SSSR count). The molecule has 25 heavy (non-hydrogen) atoms. The number of carbonyl (C=O) groups is 2. The van der Waals surface area contributed by atoms with Gasteiger partial charge in [0, 0.05) is 30.6 Å². The van der Waals surface area contributed by atoms with Crippen molar-refractivity contribution in [2.24, 2.45) is 5.92 Å². The van der Waals surface area contributed by atoms with Gasteiger partial charge in [-0.2, -0.15) is 0 Å². The Balaban J connectivity index is 1.62. The van der Waals surface area contributed by atoms with Crippen molar-refractivity contribution in [3.05, 3.63) is 70.8 Å². The van der Waals surface area contributed by atoms with E-state index < -0.39 is 0 Å². The Morgan fingerprint density at radius 1 is 0.920 bits per heavy atom. The maximum atomic E-state index is 12.7. The van der Waals surface area contributed by atoms with Gasteiger partial charge in [-0.05, 0) is 44.7 Å². The van der Waals surface area contributed by atoms with E-state index in [1.807, 2.05) is 67.3 Å². The minimum Gasteiger partial charge on any atom is -0.338 e. The van der Waals surface area contributed by atoms with Gasteiger partial charge in [0.2, 0.25) is 0 Å². The zero-order chi connectivity index (χ0) is 17.8. The number of hydrogen-bond acceptors (Lipinski definition) is 2. The van der Waals surface area contributed by atoms with Gasteiger partial charge < -0.3 is 4.90 Å². The van der Waals surface area contributed by atoms with Crippen molar-refractivity contribution >= 4 is 11.7 Å². The van der Waals surface area contributed by atoms with Crippen molar-refractivity contribution in [3.8, 4) is 0 Å². The van der Waals surface area contributed by atoms with Gasteiger partial charge in [0.25, 0.3) is 5.91 Å². The second kappa shape index (κ2) is 7.64. The van der Waals surface area contributed by atoms with Crippen LogP contribution in [0.5, 0.6) is 0 Å². The first-order valence-corrected chi connectivity index (χ1v) is 8.99. The summed E-state index contributed by atoms with van der Waals surface area (Å²) in [5.74, 6) is 0.499. The predicted octanol–water partition coefficient (Wildman–Crippen LogP) is 4.43. The highest BCUT2D eigenvalue weighted by Crippen LogP contribution is 2.23. The molecule has 1 saturated heterocycles. The highest BCUT2D eigenvalue weighted by Gasteiger charge is 2.26. The van der Waals surface area contributed by atoms with Crippen LogP contribution in [0, 0.1) is 19.8 Å². The van der Waals surface area contributed by atoms with Crippen molar-refractivity contribution in [2.75, 3.05) is 13.1 Å². The summed E-state index contributed by atoms with van der Waals surface area (Å²) in [7, 11) is 0. The molecule has 3 nitrogen and oxygen atoms in total. The van der Waals surface area contributed by atoms with Crippen LogP contribution in [-0.4, -0.2) is 29.7 Å². The van der Waals surface area contributed by atoms with Gasteiger partial charge in [-0.15, -0.1) is 0 Å². The van der Waals surface area contributed by atoms with Crippen molar-refractivity contribution < 1.29 is 9.59 Å². The largest absolute Gasteiger partial charge is 0.338 e. The van der Waals surface area contributed by atoms with Crippen molar-refractivity contribution in [1.82, 2.24) is 4.90 Å². The van der Waals surface area contributed by atoms with Gasteiger partial charge in [-0.1, -0.05) is 47.5 Å². The Morgan fingerprint density at radius 2 is 1.48 bits per heavy atom. The summed E-state index contributed by atoms with van der Waals surface area (Å²) in [5.41, 5.74) is 3.81. The monoisotopic (exact) mass is 335 g/mol. The number of amides is 1. The van der Waals surface area contributed by atoms with E-state index in [0.717, 1.165) is 41.6 Å². The lowest BCUT2D eigenvalue weighted by atomic mass is 9.90. The van der Waals surface area contributed by atoms with Gasteiger partial charge in [-0.25, -0.2) is 0 Å². The number of Topliss-reactive ketones (excluding diaryl/α,β-unsaturated/α-hetero) is 1. The van der Waals surface area contributed by atoms with Crippen LogP contribution in [0.4, 0.5) is 0 Å². The zero-order valence-electron chi connectivity index (χ0n) is 15.0. The number of carbonyl (C=O) groups excluding carboxylic acids is 2. The number of ketones is 1. The molecule has 1 aliphatic rings. The van der Waals surface area contributed by atoms with E-state index >= 15 is 0 Å². The molecule has 2 aromatic rings. The number of aryl methyl sites for hydroxylation is 2. The van der Waals surface area contributed by atoms with Crippen LogP contribution >= 0.6 is 0 Å². The van der Waals surface area contributed by atoms with Crippen LogP contribution in [0.3, 0.4) is 0 Å². The number of nitrogens with zero attached hydrogens (tertiary/aromatic N) is 1. The van der Waals surface area contributed by atoms with Crippen molar-refractivity contribution in [1.29, 1.82) is 0 Å². The van der Waals surface area contributed by atoms with Crippen LogP contribution < -0.4 is 0 Å². The lowest BCUT2D eigenvalue weighted by Crippen LogP contribution is -2.40. The SMILES string of the molecule is Cc1ccc(C(=O)C[C@@H]2CCCN(C(=O)c3ccc(C)cc3)C2)cc1. The van der Waals surface area contributed by atoms with Gasteiger partial charge in [0.05, 0.1) is 0 Å². The zero-order valence-corrected chi connectivity index (χ0v) is 15.0. The number of rotatable bonds is 4. The van der Waals surface area contributed by atoms with Gasteiger partial charge in [-0.3, -0.25) is 9.59 Å². The maximum absolute atomic E-state index is 12.7. The molecule has 0 bridgehead atoms. The quantitative estimate of drug-likeness (QED) is 0.775. The molecule has 2 aromatic carbocycles. The summed E-state index contributed by atoms with van der Waals surface area (Å²) >= 11 is 0. The molecule has 1 heterocycles. The molecule has 1 fully saturated rings. The van der Waals surface area contributed by atoms with Crippen molar-refractivity contribution in [2.45, 2.75) is 33.1 Å². The fourth-order valence-corrected chi connectivity index (χ4v) is 3.41. The third-order valence-electron chi connectivity index (χ3n) is 4.95. The molecular weight excluding hydrogens is 310 g/mol. The summed E-state index contributed by atoms with van der Waals surface area (Å²) < 4.78 is 0. The normalized spacial score (nSPS) is 17.4. The van der Waals surface area contributed by atoms with E-state index in [9.17, 15) is 9.59 Å². The third kappa shape index (κ3) is 4.36. The second-order valence-corrected chi connectivity index (χ2v) is 7.12. The van der Waals surface area contributed by atoms with Crippen LogP contribution in [0.1, 0.15) is 51.1 Å². The number of likely N-dealkylation sites (tertiary alicyclic amines) is 1. The lowest BCUT2D eigenvalue weighted by molar-refractivity contribution is 0.0652. The molecule has 3 heteroatoms. The maximum Gasteiger partial charge on any atom is 0.253 e. The molecule has 0 radical (unpaired) electrons. The molecule has 1 atom stereocenters. The molecule has 1 amide bonds. The van der Waals surface area contributed by atoms with E-state index in [-0.39, 0.29) is 17.6 Å². The Hall–Kier alpha value is -2.42. The summed E-state index contributed by atoms with van der Waals surface area (Å²) in [5, 5.41) is 0. The van der Waals surface area contributed by atoms with Gasteiger partial charge in [0.15, 0.2) is 5.78 Å². The number of benzene rings is 2. The smallest absolute Gasteiger partial charge is 0.253 e. The van der Waals surface area contributed by atoms with Crippen LogP contribution in [0.2, 0.25) is 0 Å². The van der Waals surface area contributed by atoms with E-state index in [2.05, 4.69) is 0 Å². The molecule has 0 N–H and O–H groups in total. The Morgan fingerprint density at radius 3 is 2.08 bits per heavy atom. The molecule has 0 aromatic heterocycles. The highest BCUT2D eigenvalue weighted by molar-refractivity contribution is 5.96. The first-order valence-electron chi connectivity index (χ1n) is 8.99. The molecule has 1 aliphatic heterocycles. The van der Waals surface area contributed by atoms with E-state index in [4.69, 9.17) is 0 Å². The Bertz CT molecular complexity index is 747. The third-order valence-corrected chi connectivity index (χ3v) is 4.95. The summed E-state index contributed by atoms with van der Waals surface area (Å²) in [6.45, 7) is 5.48. The fourth-order valence-electron chi connectivity index (χ4n) is 3.41. The molecule has 0 unspecified atom stereocenters.